The predicted molar refractivity (Wildman–Crippen MR) is 108 cm³/mol. The fourth-order valence-electron chi connectivity index (χ4n) is 3.11. The van der Waals surface area contributed by atoms with Crippen LogP contribution in [0.2, 0.25) is 0 Å². The Hall–Kier alpha value is -3.12. The number of amides is 1. The molecular formula is C22H25N3O3. The molecule has 1 N–H and O–H groups in total. The first kappa shape index (κ1) is 19.6. The molecule has 0 unspecified atom stereocenters. The van der Waals surface area contributed by atoms with Gasteiger partial charge in [0.05, 0.1) is 19.9 Å². The summed E-state index contributed by atoms with van der Waals surface area (Å²) in [7, 11) is 1.61. The number of carbonyl (C=O) groups excluding carboxylic acids is 1. The second-order valence-electron chi connectivity index (χ2n) is 6.43. The standard InChI is InChI=1S/C22H25N3O3/c1-3-25-16-20(14-23-25)17-8-6-9-18(13-17)22(27)24(11-12-26)15-19-7-4-5-10-21(19)28-2/h4-10,13-14,16,26H,3,11-12,15H2,1-2H3. The summed E-state index contributed by atoms with van der Waals surface area (Å²) in [5, 5.41) is 13.8. The third kappa shape index (κ3) is 4.40. The van der Waals surface area contributed by atoms with Gasteiger partial charge in [-0.3, -0.25) is 9.48 Å². The summed E-state index contributed by atoms with van der Waals surface area (Å²) in [4.78, 5) is 14.8. The van der Waals surface area contributed by atoms with Crippen molar-refractivity contribution in [3.8, 4) is 16.9 Å². The van der Waals surface area contributed by atoms with E-state index >= 15 is 0 Å². The van der Waals surface area contributed by atoms with Crippen LogP contribution in [0.3, 0.4) is 0 Å². The van der Waals surface area contributed by atoms with E-state index in [0.29, 0.717) is 12.1 Å². The maximum absolute atomic E-state index is 13.1. The molecule has 0 aliphatic rings. The Balaban J connectivity index is 1.86. The largest absolute Gasteiger partial charge is 0.496 e. The Morgan fingerprint density at radius 3 is 2.71 bits per heavy atom. The zero-order valence-electron chi connectivity index (χ0n) is 16.2. The van der Waals surface area contributed by atoms with E-state index in [4.69, 9.17) is 4.74 Å². The molecule has 28 heavy (non-hydrogen) atoms. The topological polar surface area (TPSA) is 67.6 Å². The molecule has 0 aliphatic carbocycles. The van der Waals surface area contributed by atoms with Crippen molar-refractivity contribution in [2.24, 2.45) is 0 Å². The Kier molecular flexibility index (Phi) is 6.45. The number of methoxy groups -OCH3 is 1. The monoisotopic (exact) mass is 379 g/mol. The third-order valence-corrected chi connectivity index (χ3v) is 4.61. The molecule has 0 aliphatic heterocycles. The second kappa shape index (κ2) is 9.19. The van der Waals surface area contributed by atoms with E-state index in [2.05, 4.69) is 5.10 Å². The van der Waals surface area contributed by atoms with Crippen molar-refractivity contribution in [3.05, 3.63) is 72.1 Å². The number of benzene rings is 2. The van der Waals surface area contributed by atoms with Crippen LogP contribution in [-0.2, 0) is 13.1 Å². The SMILES string of the molecule is CCn1cc(-c2cccc(C(=O)N(CCO)Cc3ccccc3OC)c2)cn1. The molecule has 6 nitrogen and oxygen atoms in total. The summed E-state index contributed by atoms with van der Waals surface area (Å²) < 4.78 is 7.24. The molecule has 1 aromatic heterocycles. The Labute approximate surface area is 165 Å². The average Bonchev–Trinajstić information content (AvgIpc) is 3.23. The third-order valence-electron chi connectivity index (χ3n) is 4.61. The highest BCUT2D eigenvalue weighted by molar-refractivity contribution is 5.95. The highest BCUT2D eigenvalue weighted by atomic mass is 16.5. The van der Waals surface area contributed by atoms with E-state index in [1.54, 1.807) is 24.3 Å². The van der Waals surface area contributed by atoms with Crippen LogP contribution in [0.5, 0.6) is 5.75 Å². The normalized spacial score (nSPS) is 10.7. The molecule has 1 amide bonds. The first-order valence-corrected chi connectivity index (χ1v) is 9.31. The van der Waals surface area contributed by atoms with Crippen molar-refractivity contribution < 1.29 is 14.6 Å². The molecule has 0 bridgehead atoms. The second-order valence-corrected chi connectivity index (χ2v) is 6.43. The lowest BCUT2D eigenvalue weighted by atomic mass is 10.0. The van der Waals surface area contributed by atoms with E-state index in [1.807, 2.05) is 60.3 Å². The minimum atomic E-state index is -0.135. The number of rotatable bonds is 8. The van der Waals surface area contributed by atoms with Crippen LogP contribution in [0, 0.1) is 0 Å². The van der Waals surface area contributed by atoms with Crippen molar-refractivity contribution in [1.82, 2.24) is 14.7 Å². The van der Waals surface area contributed by atoms with Crippen molar-refractivity contribution >= 4 is 5.91 Å². The summed E-state index contributed by atoms with van der Waals surface area (Å²) >= 11 is 0. The van der Waals surface area contributed by atoms with Crippen LogP contribution in [0.25, 0.3) is 11.1 Å². The highest BCUT2D eigenvalue weighted by Crippen LogP contribution is 2.23. The lowest BCUT2D eigenvalue weighted by Crippen LogP contribution is -2.33. The maximum atomic E-state index is 13.1. The van der Waals surface area contributed by atoms with Crippen LogP contribution in [0.4, 0.5) is 0 Å². The number of para-hydroxylation sites is 1. The van der Waals surface area contributed by atoms with Gasteiger partial charge in [-0.25, -0.2) is 0 Å². The van der Waals surface area contributed by atoms with Gasteiger partial charge in [0.1, 0.15) is 5.75 Å². The highest BCUT2D eigenvalue weighted by Gasteiger charge is 2.18. The van der Waals surface area contributed by atoms with Crippen LogP contribution in [-0.4, -0.2) is 46.0 Å². The van der Waals surface area contributed by atoms with Gasteiger partial charge in [-0.05, 0) is 30.7 Å². The zero-order chi connectivity index (χ0) is 19.9. The molecule has 1 heterocycles. The van der Waals surface area contributed by atoms with E-state index in [-0.39, 0.29) is 19.1 Å². The van der Waals surface area contributed by atoms with E-state index < -0.39 is 0 Å². The molecule has 0 radical (unpaired) electrons. The van der Waals surface area contributed by atoms with Crippen LogP contribution in [0.15, 0.2) is 60.9 Å². The molecular weight excluding hydrogens is 354 g/mol. The molecule has 0 spiro atoms. The van der Waals surface area contributed by atoms with Crippen molar-refractivity contribution in [2.75, 3.05) is 20.3 Å². The fourth-order valence-corrected chi connectivity index (χ4v) is 3.11. The van der Waals surface area contributed by atoms with Crippen molar-refractivity contribution in [1.29, 1.82) is 0 Å². The van der Waals surface area contributed by atoms with E-state index in [0.717, 1.165) is 29.0 Å². The molecule has 2 aromatic carbocycles. The Bertz CT molecular complexity index is 936. The number of ether oxygens (including phenoxy) is 1. The number of hydrogen-bond acceptors (Lipinski definition) is 4. The number of aliphatic hydroxyl groups excluding tert-OH is 1. The number of hydrogen-bond donors (Lipinski definition) is 1. The van der Waals surface area contributed by atoms with Crippen LogP contribution in [0.1, 0.15) is 22.8 Å². The molecule has 3 rings (SSSR count). The quantitative estimate of drug-likeness (QED) is 0.653. The summed E-state index contributed by atoms with van der Waals surface area (Å²) in [6.07, 6.45) is 3.76. The van der Waals surface area contributed by atoms with Gasteiger partial charge in [0.2, 0.25) is 0 Å². The molecule has 0 saturated heterocycles. The molecule has 146 valence electrons. The number of nitrogens with zero attached hydrogens (tertiary/aromatic N) is 3. The van der Waals surface area contributed by atoms with Crippen LogP contribution >= 0.6 is 0 Å². The van der Waals surface area contributed by atoms with Crippen molar-refractivity contribution in [2.45, 2.75) is 20.0 Å². The number of aryl methyl sites for hydroxylation is 1. The number of carbonyl (C=O) groups is 1. The van der Waals surface area contributed by atoms with Gasteiger partial charge in [-0.1, -0.05) is 30.3 Å². The smallest absolute Gasteiger partial charge is 0.254 e. The summed E-state index contributed by atoms with van der Waals surface area (Å²) in [5.74, 6) is 0.587. The predicted octanol–water partition coefficient (Wildman–Crippen LogP) is 3.21. The maximum Gasteiger partial charge on any atom is 0.254 e. The van der Waals surface area contributed by atoms with Gasteiger partial charge in [0.15, 0.2) is 0 Å². The summed E-state index contributed by atoms with van der Waals surface area (Å²) in [6, 6.07) is 15.1. The minimum Gasteiger partial charge on any atom is -0.496 e. The first-order chi connectivity index (χ1) is 13.7. The Morgan fingerprint density at radius 1 is 1.18 bits per heavy atom. The van der Waals surface area contributed by atoms with E-state index in [1.165, 1.54) is 0 Å². The molecule has 6 heteroatoms. The number of aromatic nitrogens is 2. The fraction of sp³-hybridized carbons (Fsp3) is 0.273. The summed E-state index contributed by atoms with van der Waals surface area (Å²) in [5.41, 5.74) is 3.37. The van der Waals surface area contributed by atoms with Gasteiger partial charge in [-0.2, -0.15) is 5.10 Å². The van der Waals surface area contributed by atoms with E-state index in [9.17, 15) is 9.90 Å². The first-order valence-electron chi connectivity index (χ1n) is 9.31. The minimum absolute atomic E-state index is 0.107. The molecule has 0 fully saturated rings. The average molecular weight is 379 g/mol. The van der Waals surface area contributed by atoms with Gasteiger partial charge >= 0.3 is 0 Å². The van der Waals surface area contributed by atoms with Crippen molar-refractivity contribution in [3.63, 3.8) is 0 Å². The van der Waals surface area contributed by atoms with Gasteiger partial charge in [-0.15, -0.1) is 0 Å². The zero-order valence-corrected chi connectivity index (χ0v) is 16.2. The molecule has 0 saturated carbocycles. The number of aliphatic hydroxyl groups is 1. The van der Waals surface area contributed by atoms with Gasteiger partial charge < -0.3 is 14.7 Å². The Morgan fingerprint density at radius 2 is 2.00 bits per heavy atom. The van der Waals surface area contributed by atoms with Gasteiger partial charge in [0, 0.05) is 42.5 Å². The van der Waals surface area contributed by atoms with Crippen LogP contribution < -0.4 is 4.74 Å². The van der Waals surface area contributed by atoms with Gasteiger partial charge in [0.25, 0.3) is 5.91 Å². The molecule has 0 atom stereocenters. The lowest BCUT2D eigenvalue weighted by molar-refractivity contribution is 0.0706. The molecule has 3 aromatic rings. The summed E-state index contributed by atoms with van der Waals surface area (Å²) in [6.45, 7) is 3.32. The lowest BCUT2D eigenvalue weighted by Gasteiger charge is -2.23.